The molecule has 0 saturated heterocycles. The lowest BCUT2D eigenvalue weighted by Gasteiger charge is -2.11. The predicted molar refractivity (Wildman–Crippen MR) is 77.8 cm³/mol. The highest BCUT2D eigenvalue weighted by Crippen LogP contribution is 2.20. The molecule has 6 heteroatoms. The summed E-state index contributed by atoms with van der Waals surface area (Å²) in [6, 6.07) is 7.55. The topological polar surface area (TPSA) is 80.0 Å². The minimum Gasteiger partial charge on any atom is -0.467 e. The molecule has 0 radical (unpaired) electrons. The number of hydrogen-bond acceptors (Lipinski definition) is 5. The number of amides is 1. The molecule has 2 aromatic rings. The maximum Gasteiger partial charge on any atom is 0.272 e. The van der Waals surface area contributed by atoms with E-state index in [1.165, 1.54) is 25.7 Å². The zero-order valence-corrected chi connectivity index (χ0v) is 11.7. The van der Waals surface area contributed by atoms with Gasteiger partial charge in [-0.1, -0.05) is 12.8 Å². The number of aromatic nitrogens is 2. The molecule has 0 bridgehead atoms. The van der Waals surface area contributed by atoms with Crippen molar-refractivity contribution in [2.45, 2.75) is 38.3 Å². The highest BCUT2D eigenvalue weighted by atomic mass is 16.3. The lowest BCUT2D eigenvalue weighted by molar-refractivity contribution is 0.0942. The Kier molecular flexibility index (Phi) is 4.14. The van der Waals surface area contributed by atoms with Crippen LogP contribution >= 0.6 is 0 Å². The Labute approximate surface area is 123 Å². The number of carbonyl (C=O) groups excluding carboxylic acids is 1. The second-order valence-electron chi connectivity index (χ2n) is 5.19. The lowest BCUT2D eigenvalue weighted by Crippen LogP contribution is -2.24. The van der Waals surface area contributed by atoms with E-state index in [9.17, 15) is 4.79 Å². The zero-order valence-electron chi connectivity index (χ0n) is 11.7. The summed E-state index contributed by atoms with van der Waals surface area (Å²) < 4.78 is 5.15. The van der Waals surface area contributed by atoms with Crippen molar-refractivity contribution in [1.82, 2.24) is 15.5 Å². The molecule has 0 unspecified atom stereocenters. The monoisotopic (exact) mass is 286 g/mol. The van der Waals surface area contributed by atoms with E-state index >= 15 is 0 Å². The van der Waals surface area contributed by atoms with Crippen LogP contribution in [0, 0.1) is 0 Å². The van der Waals surface area contributed by atoms with E-state index in [1.54, 1.807) is 30.5 Å². The Hall–Kier alpha value is -2.37. The molecular formula is C15H18N4O2. The van der Waals surface area contributed by atoms with E-state index in [0.29, 0.717) is 24.0 Å². The molecule has 1 aliphatic rings. The molecular weight excluding hydrogens is 268 g/mol. The fourth-order valence-electron chi connectivity index (χ4n) is 2.48. The Bertz CT molecular complexity index is 574. The third-order valence-electron chi connectivity index (χ3n) is 3.61. The normalized spacial score (nSPS) is 15.0. The first-order valence-corrected chi connectivity index (χ1v) is 7.22. The van der Waals surface area contributed by atoms with Gasteiger partial charge in [0.25, 0.3) is 5.91 Å². The maximum atomic E-state index is 11.9. The molecule has 1 amide bonds. The van der Waals surface area contributed by atoms with Crippen molar-refractivity contribution in [2.24, 2.45) is 0 Å². The number of anilines is 1. The highest BCUT2D eigenvalue weighted by Gasteiger charge is 2.15. The van der Waals surface area contributed by atoms with Crippen LogP contribution in [-0.2, 0) is 6.54 Å². The third-order valence-corrected chi connectivity index (χ3v) is 3.61. The average Bonchev–Trinajstić information content (AvgIpc) is 3.19. The molecule has 6 nitrogen and oxygen atoms in total. The first-order chi connectivity index (χ1) is 10.3. The van der Waals surface area contributed by atoms with Crippen LogP contribution in [0.25, 0.3) is 0 Å². The van der Waals surface area contributed by atoms with Gasteiger partial charge >= 0.3 is 0 Å². The summed E-state index contributed by atoms with van der Waals surface area (Å²) in [7, 11) is 0. The highest BCUT2D eigenvalue weighted by molar-refractivity contribution is 5.92. The quantitative estimate of drug-likeness (QED) is 0.882. The van der Waals surface area contributed by atoms with Crippen LogP contribution < -0.4 is 10.6 Å². The fraction of sp³-hybridized carbons (Fsp3) is 0.400. The van der Waals surface area contributed by atoms with Crippen molar-refractivity contribution in [1.29, 1.82) is 0 Å². The van der Waals surface area contributed by atoms with Crippen LogP contribution in [-0.4, -0.2) is 22.1 Å². The van der Waals surface area contributed by atoms with Crippen LogP contribution in [0.2, 0.25) is 0 Å². The molecule has 21 heavy (non-hydrogen) atoms. The lowest BCUT2D eigenvalue weighted by atomic mass is 10.2. The number of nitrogens with one attached hydrogen (secondary N) is 2. The Balaban J connectivity index is 1.54. The van der Waals surface area contributed by atoms with Crippen molar-refractivity contribution in [3.8, 4) is 0 Å². The summed E-state index contributed by atoms with van der Waals surface area (Å²) in [5, 5.41) is 14.1. The summed E-state index contributed by atoms with van der Waals surface area (Å²) in [6.45, 7) is 0.343. The van der Waals surface area contributed by atoms with Gasteiger partial charge in [-0.15, -0.1) is 10.2 Å². The van der Waals surface area contributed by atoms with Gasteiger partial charge in [0.05, 0.1) is 12.8 Å². The van der Waals surface area contributed by atoms with E-state index in [-0.39, 0.29) is 5.91 Å². The van der Waals surface area contributed by atoms with Crippen molar-refractivity contribution < 1.29 is 9.21 Å². The summed E-state index contributed by atoms with van der Waals surface area (Å²) >= 11 is 0. The van der Waals surface area contributed by atoms with Crippen LogP contribution in [0.15, 0.2) is 34.9 Å². The van der Waals surface area contributed by atoms with Crippen LogP contribution in [0.3, 0.4) is 0 Å². The molecule has 0 atom stereocenters. The molecule has 2 N–H and O–H groups in total. The van der Waals surface area contributed by atoms with Crippen molar-refractivity contribution in [3.05, 3.63) is 42.0 Å². The van der Waals surface area contributed by atoms with Crippen molar-refractivity contribution >= 4 is 11.7 Å². The van der Waals surface area contributed by atoms with Gasteiger partial charge in [0.1, 0.15) is 11.6 Å². The maximum absolute atomic E-state index is 11.9. The van der Waals surface area contributed by atoms with E-state index in [1.807, 2.05) is 0 Å². The van der Waals surface area contributed by atoms with Gasteiger partial charge in [-0.05, 0) is 37.1 Å². The first-order valence-electron chi connectivity index (χ1n) is 7.22. The number of carbonyl (C=O) groups is 1. The number of nitrogens with zero attached hydrogens (tertiary/aromatic N) is 2. The molecule has 2 aromatic heterocycles. The first kappa shape index (κ1) is 13.6. The molecule has 3 rings (SSSR count). The number of hydrogen-bond donors (Lipinski definition) is 2. The summed E-state index contributed by atoms with van der Waals surface area (Å²) in [5.74, 6) is 1.17. The fourth-order valence-corrected chi connectivity index (χ4v) is 2.48. The SMILES string of the molecule is O=C(NCc1ccco1)c1ccc(NC2CCCC2)nn1. The number of rotatable bonds is 5. The van der Waals surface area contributed by atoms with E-state index in [4.69, 9.17) is 4.42 Å². The van der Waals surface area contributed by atoms with Gasteiger partial charge in [-0.3, -0.25) is 4.79 Å². The van der Waals surface area contributed by atoms with Crippen molar-refractivity contribution in [3.63, 3.8) is 0 Å². The minimum absolute atomic E-state index is 0.258. The minimum atomic E-state index is -0.258. The molecule has 0 aliphatic heterocycles. The van der Waals surface area contributed by atoms with Gasteiger partial charge in [-0.25, -0.2) is 0 Å². The molecule has 1 aliphatic carbocycles. The molecule has 0 aromatic carbocycles. The van der Waals surface area contributed by atoms with Gasteiger partial charge in [0.15, 0.2) is 5.69 Å². The standard InChI is InChI=1S/C15H18N4O2/c20-15(16-10-12-6-3-9-21-12)13-7-8-14(19-18-13)17-11-4-1-2-5-11/h3,6-9,11H,1-2,4-5,10H2,(H,16,20)(H,17,19). The largest absolute Gasteiger partial charge is 0.467 e. The average molecular weight is 286 g/mol. The van der Waals surface area contributed by atoms with Crippen LogP contribution in [0.5, 0.6) is 0 Å². The summed E-state index contributed by atoms with van der Waals surface area (Å²) in [4.78, 5) is 11.9. The third kappa shape index (κ3) is 3.59. The molecule has 2 heterocycles. The van der Waals surface area contributed by atoms with Gasteiger partial charge in [0, 0.05) is 6.04 Å². The van der Waals surface area contributed by atoms with Crippen LogP contribution in [0.4, 0.5) is 5.82 Å². The molecule has 1 fully saturated rings. The molecule has 110 valence electrons. The summed E-state index contributed by atoms with van der Waals surface area (Å²) in [5.41, 5.74) is 0.304. The van der Waals surface area contributed by atoms with Gasteiger partial charge in [0.2, 0.25) is 0 Å². The zero-order chi connectivity index (χ0) is 14.5. The predicted octanol–water partition coefficient (Wildman–Crippen LogP) is 2.35. The Morgan fingerprint density at radius 2 is 2.10 bits per heavy atom. The Morgan fingerprint density at radius 1 is 1.24 bits per heavy atom. The van der Waals surface area contributed by atoms with E-state index in [2.05, 4.69) is 20.8 Å². The molecule has 1 saturated carbocycles. The number of furan rings is 1. The van der Waals surface area contributed by atoms with Gasteiger partial charge < -0.3 is 15.1 Å². The Morgan fingerprint density at radius 3 is 2.76 bits per heavy atom. The second kappa shape index (κ2) is 6.39. The molecule has 0 spiro atoms. The van der Waals surface area contributed by atoms with Crippen LogP contribution in [0.1, 0.15) is 41.9 Å². The smallest absolute Gasteiger partial charge is 0.272 e. The van der Waals surface area contributed by atoms with Crippen molar-refractivity contribution in [2.75, 3.05) is 5.32 Å². The van der Waals surface area contributed by atoms with Gasteiger partial charge in [-0.2, -0.15) is 0 Å². The van der Waals surface area contributed by atoms with E-state index < -0.39 is 0 Å². The summed E-state index contributed by atoms with van der Waals surface area (Å²) in [6.07, 6.45) is 6.45. The second-order valence-corrected chi connectivity index (χ2v) is 5.19. The van der Waals surface area contributed by atoms with E-state index in [0.717, 1.165) is 5.82 Å².